The first kappa shape index (κ1) is 33.4. The Morgan fingerprint density at radius 2 is 1.93 bits per heavy atom. The van der Waals surface area contributed by atoms with Crippen LogP contribution in [0, 0.1) is 5.82 Å². The van der Waals surface area contributed by atoms with Gasteiger partial charge >= 0.3 is 0 Å². The van der Waals surface area contributed by atoms with Crippen LogP contribution >= 0.6 is 11.6 Å². The molecule has 1 aromatic carbocycles. The molecule has 1 amide bonds. The first-order valence-electron chi connectivity index (χ1n) is 13.7. The van der Waals surface area contributed by atoms with Gasteiger partial charge in [-0.1, -0.05) is 11.6 Å². The number of anilines is 2. The van der Waals surface area contributed by atoms with Gasteiger partial charge in [-0.2, -0.15) is 0 Å². The van der Waals surface area contributed by atoms with Crippen molar-refractivity contribution in [3.05, 3.63) is 59.3 Å². The van der Waals surface area contributed by atoms with Crippen molar-refractivity contribution in [2.75, 3.05) is 45.3 Å². The average Bonchev–Trinajstić information content (AvgIpc) is 3.03. The molecule has 44 heavy (non-hydrogen) atoms. The second kappa shape index (κ2) is 16.0. The van der Waals surface area contributed by atoms with Gasteiger partial charge in [0.15, 0.2) is 23.7 Å². The van der Waals surface area contributed by atoms with Gasteiger partial charge in [0.1, 0.15) is 30.2 Å². The minimum absolute atomic E-state index is 0.0689. The first-order valence-corrected chi connectivity index (χ1v) is 14.1. The third kappa shape index (κ3) is 8.34. The quantitative estimate of drug-likeness (QED) is 0.122. The van der Waals surface area contributed by atoms with Gasteiger partial charge in [-0.05, 0) is 37.2 Å². The maximum atomic E-state index is 14.4. The number of hydrogen-bond acceptors (Lipinski definition) is 13. The fourth-order valence-corrected chi connectivity index (χ4v) is 4.48. The van der Waals surface area contributed by atoms with E-state index in [4.69, 9.17) is 25.8 Å². The van der Waals surface area contributed by atoms with Gasteiger partial charge < -0.3 is 50.6 Å². The molecule has 16 heteroatoms. The Kier molecular flexibility index (Phi) is 12.1. The van der Waals surface area contributed by atoms with Crippen LogP contribution < -0.4 is 20.7 Å². The zero-order chi connectivity index (χ0) is 31.6. The van der Waals surface area contributed by atoms with Crippen molar-refractivity contribution >= 4 is 29.0 Å². The number of aliphatic hydroxyl groups excluding tert-OH is 4. The Bertz CT molecular complexity index is 1410. The molecule has 1 saturated heterocycles. The summed E-state index contributed by atoms with van der Waals surface area (Å²) in [5, 5.41) is 48.2. The van der Waals surface area contributed by atoms with Gasteiger partial charge in [-0.3, -0.25) is 9.78 Å². The van der Waals surface area contributed by atoms with E-state index < -0.39 is 43.1 Å². The molecule has 2 aromatic heterocycles. The summed E-state index contributed by atoms with van der Waals surface area (Å²) < 4.78 is 30.5. The van der Waals surface area contributed by atoms with E-state index in [2.05, 4.69) is 30.9 Å². The van der Waals surface area contributed by atoms with Crippen LogP contribution in [0.4, 0.5) is 15.9 Å². The number of carbonyl (C=O) groups excluding carboxylic acids is 1. The van der Waals surface area contributed by atoms with Gasteiger partial charge in [0.05, 0.1) is 43.3 Å². The lowest BCUT2D eigenvalue weighted by Gasteiger charge is -2.39. The highest BCUT2D eigenvalue weighted by molar-refractivity contribution is 6.30. The van der Waals surface area contributed by atoms with Crippen LogP contribution in [0.1, 0.15) is 16.8 Å². The van der Waals surface area contributed by atoms with Crippen LogP contribution in [0.3, 0.4) is 0 Å². The maximum Gasteiger partial charge on any atom is 0.254 e. The third-order valence-corrected chi connectivity index (χ3v) is 6.92. The highest BCUT2D eigenvalue weighted by Gasteiger charge is 2.43. The second-order valence-electron chi connectivity index (χ2n) is 9.71. The minimum atomic E-state index is -1.50. The summed E-state index contributed by atoms with van der Waals surface area (Å²) in [4.78, 5) is 25.6. The molecule has 0 radical (unpaired) electrons. The van der Waals surface area contributed by atoms with Crippen molar-refractivity contribution in [3.63, 3.8) is 0 Å². The number of rotatable bonds is 14. The molecule has 1 fully saturated rings. The predicted octanol–water partition coefficient (Wildman–Crippen LogP) is 0.609. The van der Waals surface area contributed by atoms with Gasteiger partial charge in [-0.15, -0.1) is 0 Å². The molecule has 1 aliphatic rings. The molecule has 0 aliphatic carbocycles. The monoisotopic (exact) mass is 636 g/mol. The number of nitrogens with zero attached hydrogens (tertiary/aromatic N) is 3. The number of aliphatic hydroxyl groups is 4. The number of nitrogens with one attached hydrogen (secondary N) is 3. The lowest BCUT2D eigenvalue weighted by atomic mass is 9.99. The Morgan fingerprint density at radius 1 is 1.11 bits per heavy atom. The van der Waals surface area contributed by atoms with Crippen LogP contribution in [-0.4, -0.2) is 112 Å². The molecule has 0 saturated carbocycles. The number of amides is 1. The SMILES string of the molecule is COc1cnc(-c2cc(Cl)ccc2F)nc1Nc1ccncc1C(=O)NCCCNCCOC1OC(CO)C(O)C(O)C1O. The largest absolute Gasteiger partial charge is 0.491 e. The number of halogens is 2. The second-order valence-corrected chi connectivity index (χ2v) is 10.1. The van der Waals surface area contributed by atoms with E-state index in [1.807, 2.05) is 0 Å². The summed E-state index contributed by atoms with van der Waals surface area (Å²) >= 11 is 6.03. The molecular formula is C28H34ClFN6O8. The minimum Gasteiger partial charge on any atom is -0.491 e. The maximum absolute atomic E-state index is 14.4. The highest BCUT2D eigenvalue weighted by atomic mass is 35.5. The average molecular weight is 637 g/mol. The van der Waals surface area contributed by atoms with E-state index in [9.17, 15) is 29.6 Å². The highest BCUT2D eigenvalue weighted by Crippen LogP contribution is 2.30. The van der Waals surface area contributed by atoms with Crippen molar-refractivity contribution in [2.45, 2.75) is 37.1 Å². The van der Waals surface area contributed by atoms with Crippen LogP contribution in [0.15, 0.2) is 42.9 Å². The molecule has 5 unspecified atom stereocenters. The van der Waals surface area contributed by atoms with Crippen LogP contribution in [0.25, 0.3) is 11.4 Å². The van der Waals surface area contributed by atoms with E-state index in [-0.39, 0.29) is 41.0 Å². The van der Waals surface area contributed by atoms with Crippen molar-refractivity contribution in [2.24, 2.45) is 0 Å². The molecule has 5 atom stereocenters. The fraction of sp³-hybridized carbons (Fsp3) is 0.429. The Hall–Kier alpha value is -3.54. The van der Waals surface area contributed by atoms with Gasteiger partial charge in [0, 0.05) is 30.5 Å². The van der Waals surface area contributed by atoms with E-state index in [0.717, 1.165) is 0 Å². The number of aromatic nitrogens is 3. The van der Waals surface area contributed by atoms with Gasteiger partial charge in [0.2, 0.25) is 0 Å². The number of benzene rings is 1. The molecule has 7 N–H and O–H groups in total. The fourth-order valence-electron chi connectivity index (χ4n) is 4.31. The molecule has 238 valence electrons. The van der Waals surface area contributed by atoms with E-state index >= 15 is 0 Å². The Labute approximate surface area is 257 Å². The lowest BCUT2D eigenvalue weighted by Crippen LogP contribution is -2.59. The summed E-state index contributed by atoms with van der Waals surface area (Å²) in [7, 11) is 1.43. The number of methoxy groups -OCH3 is 1. The Morgan fingerprint density at radius 3 is 2.70 bits per heavy atom. The topological polar surface area (TPSA) is 200 Å². The summed E-state index contributed by atoms with van der Waals surface area (Å²) in [6.45, 7) is 0.825. The molecule has 14 nitrogen and oxygen atoms in total. The number of carbonyl (C=O) groups is 1. The van der Waals surface area contributed by atoms with Gasteiger partial charge in [-0.25, -0.2) is 14.4 Å². The van der Waals surface area contributed by atoms with E-state index in [1.165, 1.54) is 43.9 Å². The first-order chi connectivity index (χ1) is 21.2. The molecule has 4 rings (SSSR count). The predicted molar refractivity (Wildman–Crippen MR) is 156 cm³/mol. The zero-order valence-corrected chi connectivity index (χ0v) is 24.4. The van der Waals surface area contributed by atoms with Crippen molar-refractivity contribution in [3.8, 4) is 17.1 Å². The van der Waals surface area contributed by atoms with Crippen molar-refractivity contribution < 1.29 is 43.8 Å². The van der Waals surface area contributed by atoms with Crippen LogP contribution in [-0.2, 0) is 9.47 Å². The molecular weight excluding hydrogens is 603 g/mol. The zero-order valence-electron chi connectivity index (χ0n) is 23.7. The van der Waals surface area contributed by atoms with Crippen molar-refractivity contribution in [1.82, 2.24) is 25.6 Å². The molecule has 3 heterocycles. The Balaban J connectivity index is 1.26. The third-order valence-electron chi connectivity index (χ3n) is 6.69. The van der Waals surface area contributed by atoms with E-state index in [1.54, 1.807) is 6.07 Å². The molecule has 3 aromatic rings. The number of hydrogen-bond donors (Lipinski definition) is 7. The normalized spacial score (nSPS) is 21.6. The smallest absolute Gasteiger partial charge is 0.254 e. The molecule has 0 spiro atoms. The number of ether oxygens (including phenoxy) is 3. The summed E-state index contributed by atoms with van der Waals surface area (Å²) in [6.07, 6.45) is -1.79. The summed E-state index contributed by atoms with van der Waals surface area (Å²) in [5.74, 6) is -0.404. The summed E-state index contributed by atoms with van der Waals surface area (Å²) in [5.41, 5.74) is 0.727. The lowest BCUT2D eigenvalue weighted by molar-refractivity contribution is -0.300. The van der Waals surface area contributed by atoms with E-state index in [0.29, 0.717) is 36.8 Å². The number of pyridine rings is 1. The van der Waals surface area contributed by atoms with Crippen LogP contribution in [0.2, 0.25) is 5.02 Å². The summed E-state index contributed by atoms with van der Waals surface area (Å²) in [6, 6.07) is 5.64. The van der Waals surface area contributed by atoms with Gasteiger partial charge in [0.25, 0.3) is 5.91 Å². The molecule has 0 bridgehead atoms. The standard InChI is InChI=1S/C28H34ClFN6O8/c1-42-20-13-34-25(16-11-15(29)3-4-18(16)30)36-26(20)35-19-5-8-32-12-17(19)27(41)33-7-2-6-31-9-10-43-28-24(40)23(39)22(38)21(14-37)44-28/h3-5,8,11-13,21-24,28,31,37-40H,2,6-7,9-10,14H2,1H3,(H,33,41)(H,32,34,35,36). The molecule has 1 aliphatic heterocycles. The van der Waals surface area contributed by atoms with Crippen molar-refractivity contribution in [1.29, 1.82) is 0 Å². The van der Waals surface area contributed by atoms with Crippen LogP contribution in [0.5, 0.6) is 5.75 Å².